The first-order valence-corrected chi connectivity index (χ1v) is 5.47. The molecule has 1 unspecified atom stereocenters. The molecular formula is C10H13ClFN3. The molecule has 0 bridgehead atoms. The van der Waals surface area contributed by atoms with Crippen LogP contribution in [0.25, 0.3) is 0 Å². The van der Waals surface area contributed by atoms with Crippen LogP contribution in [0.1, 0.15) is 19.8 Å². The molecule has 1 saturated heterocycles. The number of halogens is 2. The van der Waals surface area contributed by atoms with Crippen LogP contribution in [0.4, 0.5) is 10.2 Å². The minimum absolute atomic E-state index is 0.0989. The normalized spacial score (nSPS) is 21.8. The van der Waals surface area contributed by atoms with Gasteiger partial charge in [0.15, 0.2) is 11.0 Å². The highest BCUT2D eigenvalue weighted by atomic mass is 35.5. The van der Waals surface area contributed by atoms with Crippen LogP contribution in [0.15, 0.2) is 6.33 Å². The number of anilines is 1. The molecule has 3 nitrogen and oxygen atoms in total. The number of hydrogen-bond donors (Lipinski definition) is 0. The number of rotatable bonds is 1. The molecule has 0 aliphatic carbocycles. The molecule has 2 heterocycles. The van der Waals surface area contributed by atoms with Crippen molar-refractivity contribution in [2.24, 2.45) is 5.92 Å². The van der Waals surface area contributed by atoms with Gasteiger partial charge in [0.05, 0.1) is 0 Å². The largest absolute Gasteiger partial charge is 0.354 e. The number of aromatic nitrogens is 2. The van der Waals surface area contributed by atoms with Crippen LogP contribution in [0.3, 0.4) is 0 Å². The van der Waals surface area contributed by atoms with Gasteiger partial charge in [0, 0.05) is 13.1 Å². The monoisotopic (exact) mass is 229 g/mol. The van der Waals surface area contributed by atoms with Crippen molar-refractivity contribution in [2.45, 2.75) is 19.8 Å². The van der Waals surface area contributed by atoms with Crippen LogP contribution in [0, 0.1) is 11.7 Å². The summed E-state index contributed by atoms with van der Waals surface area (Å²) in [6.07, 6.45) is 3.57. The van der Waals surface area contributed by atoms with Gasteiger partial charge in [-0.15, -0.1) is 0 Å². The highest BCUT2D eigenvalue weighted by Gasteiger charge is 2.21. The van der Waals surface area contributed by atoms with Crippen LogP contribution < -0.4 is 4.90 Å². The molecule has 1 atom stereocenters. The maximum absolute atomic E-state index is 13.6. The molecule has 1 aliphatic rings. The van der Waals surface area contributed by atoms with Gasteiger partial charge in [0.25, 0.3) is 0 Å². The number of hydrogen-bond acceptors (Lipinski definition) is 3. The van der Waals surface area contributed by atoms with Gasteiger partial charge >= 0.3 is 0 Å². The number of piperidine rings is 1. The smallest absolute Gasteiger partial charge is 0.202 e. The molecule has 0 N–H and O–H groups in total. The molecule has 15 heavy (non-hydrogen) atoms. The highest BCUT2D eigenvalue weighted by molar-refractivity contribution is 6.29. The summed E-state index contributed by atoms with van der Waals surface area (Å²) in [6.45, 7) is 3.84. The van der Waals surface area contributed by atoms with Gasteiger partial charge in [0.2, 0.25) is 5.82 Å². The minimum Gasteiger partial charge on any atom is -0.354 e. The number of nitrogens with zero attached hydrogens (tertiary/aromatic N) is 3. The van der Waals surface area contributed by atoms with Crippen molar-refractivity contribution in [1.29, 1.82) is 0 Å². The quantitative estimate of drug-likeness (QED) is 0.693. The van der Waals surface area contributed by atoms with Crippen LogP contribution in [-0.2, 0) is 0 Å². The van der Waals surface area contributed by atoms with Crippen molar-refractivity contribution < 1.29 is 4.39 Å². The molecule has 5 heteroatoms. The second-order valence-corrected chi connectivity index (χ2v) is 4.35. The fraction of sp³-hybridized carbons (Fsp3) is 0.600. The third-order valence-corrected chi connectivity index (χ3v) is 2.95. The first kappa shape index (κ1) is 10.6. The van der Waals surface area contributed by atoms with Gasteiger partial charge in [0.1, 0.15) is 6.33 Å². The van der Waals surface area contributed by atoms with E-state index in [1.165, 1.54) is 12.7 Å². The van der Waals surface area contributed by atoms with Crippen molar-refractivity contribution in [3.63, 3.8) is 0 Å². The summed E-state index contributed by atoms with van der Waals surface area (Å²) in [6, 6.07) is 0. The molecule has 0 radical (unpaired) electrons. The molecule has 1 aromatic rings. The average molecular weight is 230 g/mol. The summed E-state index contributed by atoms with van der Waals surface area (Å²) in [4.78, 5) is 9.50. The Balaban J connectivity index is 2.24. The van der Waals surface area contributed by atoms with E-state index in [0.717, 1.165) is 19.5 Å². The van der Waals surface area contributed by atoms with Gasteiger partial charge < -0.3 is 4.90 Å². The zero-order valence-corrected chi connectivity index (χ0v) is 9.34. The van der Waals surface area contributed by atoms with E-state index >= 15 is 0 Å². The van der Waals surface area contributed by atoms with E-state index in [-0.39, 0.29) is 5.15 Å². The van der Waals surface area contributed by atoms with Gasteiger partial charge in [-0.2, -0.15) is 4.39 Å². The molecule has 0 amide bonds. The fourth-order valence-corrected chi connectivity index (χ4v) is 2.07. The van der Waals surface area contributed by atoms with E-state index in [4.69, 9.17) is 11.6 Å². The average Bonchev–Trinajstić information content (AvgIpc) is 2.22. The summed E-state index contributed by atoms with van der Waals surface area (Å²) in [5.74, 6) is 0.404. The molecule has 0 saturated carbocycles. The SMILES string of the molecule is CC1CCCN(c2ncnc(Cl)c2F)C1. The van der Waals surface area contributed by atoms with Crippen LogP contribution in [0.2, 0.25) is 5.15 Å². The lowest BCUT2D eigenvalue weighted by atomic mass is 10.0. The fourth-order valence-electron chi connectivity index (χ4n) is 1.94. The van der Waals surface area contributed by atoms with Crippen LogP contribution in [-0.4, -0.2) is 23.1 Å². The maximum atomic E-state index is 13.6. The van der Waals surface area contributed by atoms with Crippen molar-refractivity contribution in [3.8, 4) is 0 Å². The molecule has 1 aromatic heterocycles. The Morgan fingerprint density at radius 1 is 1.53 bits per heavy atom. The summed E-state index contributed by atoms with van der Waals surface area (Å²) in [5, 5.41) is -0.0989. The van der Waals surface area contributed by atoms with Gasteiger partial charge in [-0.3, -0.25) is 0 Å². The first-order valence-electron chi connectivity index (χ1n) is 5.09. The summed E-state index contributed by atoms with van der Waals surface area (Å²) in [5.41, 5.74) is 0. The standard InChI is InChI=1S/C10H13ClFN3/c1-7-3-2-4-15(5-7)10-8(12)9(11)13-6-14-10/h6-7H,2-5H2,1H3. The molecule has 82 valence electrons. The molecule has 1 fully saturated rings. The lowest BCUT2D eigenvalue weighted by Gasteiger charge is -2.31. The Morgan fingerprint density at radius 2 is 2.33 bits per heavy atom. The van der Waals surface area contributed by atoms with E-state index < -0.39 is 5.82 Å². The van der Waals surface area contributed by atoms with E-state index in [1.807, 2.05) is 4.90 Å². The molecular weight excluding hydrogens is 217 g/mol. The van der Waals surface area contributed by atoms with Gasteiger partial charge in [-0.1, -0.05) is 18.5 Å². The Labute approximate surface area is 93.3 Å². The van der Waals surface area contributed by atoms with Crippen molar-refractivity contribution in [3.05, 3.63) is 17.3 Å². The zero-order valence-electron chi connectivity index (χ0n) is 8.58. The lowest BCUT2D eigenvalue weighted by Crippen LogP contribution is -2.35. The van der Waals surface area contributed by atoms with E-state index in [1.54, 1.807) is 0 Å². The molecule has 0 spiro atoms. The maximum Gasteiger partial charge on any atom is 0.202 e. The Hall–Kier alpha value is -0.900. The Bertz CT molecular complexity index is 359. The summed E-state index contributed by atoms with van der Waals surface area (Å²) >= 11 is 5.62. The lowest BCUT2D eigenvalue weighted by molar-refractivity contribution is 0.438. The first-order chi connectivity index (χ1) is 7.18. The highest BCUT2D eigenvalue weighted by Crippen LogP contribution is 2.25. The van der Waals surface area contributed by atoms with E-state index in [0.29, 0.717) is 11.7 Å². The zero-order chi connectivity index (χ0) is 10.8. The van der Waals surface area contributed by atoms with Gasteiger partial charge in [-0.25, -0.2) is 9.97 Å². The van der Waals surface area contributed by atoms with Crippen molar-refractivity contribution in [2.75, 3.05) is 18.0 Å². The summed E-state index contributed by atoms with van der Waals surface area (Å²) in [7, 11) is 0. The van der Waals surface area contributed by atoms with Crippen molar-refractivity contribution in [1.82, 2.24) is 9.97 Å². The third kappa shape index (κ3) is 2.20. The Morgan fingerprint density at radius 3 is 3.07 bits per heavy atom. The van der Waals surface area contributed by atoms with Crippen LogP contribution >= 0.6 is 11.6 Å². The van der Waals surface area contributed by atoms with Gasteiger partial charge in [-0.05, 0) is 18.8 Å². The van der Waals surface area contributed by atoms with Crippen LogP contribution in [0.5, 0.6) is 0 Å². The van der Waals surface area contributed by atoms with E-state index in [9.17, 15) is 4.39 Å². The molecule has 1 aliphatic heterocycles. The topological polar surface area (TPSA) is 29.0 Å². The Kier molecular flexibility index (Phi) is 3.05. The van der Waals surface area contributed by atoms with Crippen molar-refractivity contribution >= 4 is 17.4 Å². The third-order valence-electron chi connectivity index (χ3n) is 2.69. The molecule has 2 rings (SSSR count). The predicted octanol–water partition coefficient (Wildman–Crippen LogP) is 2.51. The summed E-state index contributed by atoms with van der Waals surface area (Å²) < 4.78 is 13.6. The molecule has 0 aromatic carbocycles. The predicted molar refractivity (Wildman–Crippen MR) is 57.6 cm³/mol. The second kappa shape index (κ2) is 4.31. The van der Waals surface area contributed by atoms with E-state index in [2.05, 4.69) is 16.9 Å². The second-order valence-electron chi connectivity index (χ2n) is 4.00. The minimum atomic E-state index is -0.506.